The molecular formula is C14H29IN4O. The third-order valence-electron chi connectivity index (χ3n) is 4.35. The lowest BCUT2D eigenvalue weighted by molar-refractivity contribution is -0.127. The van der Waals surface area contributed by atoms with E-state index in [1.807, 2.05) is 0 Å². The van der Waals surface area contributed by atoms with E-state index in [4.69, 9.17) is 0 Å². The quantitative estimate of drug-likeness (QED) is 0.448. The van der Waals surface area contributed by atoms with Crippen molar-refractivity contribution >= 4 is 35.8 Å². The Labute approximate surface area is 140 Å². The van der Waals surface area contributed by atoms with E-state index in [0.717, 1.165) is 19.0 Å². The van der Waals surface area contributed by atoms with Gasteiger partial charge < -0.3 is 15.1 Å². The summed E-state index contributed by atoms with van der Waals surface area (Å²) < 4.78 is 0. The van der Waals surface area contributed by atoms with Crippen LogP contribution in [0.4, 0.5) is 0 Å². The van der Waals surface area contributed by atoms with Gasteiger partial charge in [-0.15, -0.1) is 24.0 Å². The fourth-order valence-electron chi connectivity index (χ4n) is 2.59. The minimum atomic E-state index is 0. The predicted molar refractivity (Wildman–Crippen MR) is 94.7 cm³/mol. The minimum Gasteiger partial charge on any atom is -0.347 e. The van der Waals surface area contributed by atoms with Crippen molar-refractivity contribution in [1.82, 2.24) is 15.1 Å². The first-order valence-corrected chi connectivity index (χ1v) is 7.13. The third-order valence-corrected chi connectivity index (χ3v) is 4.35. The number of aliphatic imine (C=N–C) groups is 1. The molecule has 1 saturated heterocycles. The fraction of sp³-hybridized carbons (Fsp3) is 0.857. The van der Waals surface area contributed by atoms with Gasteiger partial charge in [0, 0.05) is 34.2 Å². The zero-order valence-electron chi connectivity index (χ0n) is 13.4. The van der Waals surface area contributed by atoms with Crippen LogP contribution in [-0.2, 0) is 4.79 Å². The van der Waals surface area contributed by atoms with E-state index in [1.54, 1.807) is 26.0 Å². The number of halogens is 1. The van der Waals surface area contributed by atoms with Crippen molar-refractivity contribution in [3.05, 3.63) is 0 Å². The third kappa shape index (κ3) is 4.79. The van der Waals surface area contributed by atoms with Crippen LogP contribution in [0.5, 0.6) is 0 Å². The molecule has 6 heteroatoms. The molecular weight excluding hydrogens is 367 g/mol. The zero-order valence-corrected chi connectivity index (χ0v) is 15.7. The van der Waals surface area contributed by atoms with Crippen molar-refractivity contribution < 1.29 is 4.79 Å². The van der Waals surface area contributed by atoms with Gasteiger partial charge in [-0.25, -0.2) is 0 Å². The van der Waals surface area contributed by atoms with Crippen molar-refractivity contribution in [2.75, 3.05) is 40.8 Å². The van der Waals surface area contributed by atoms with Crippen molar-refractivity contribution in [3.8, 4) is 0 Å². The van der Waals surface area contributed by atoms with Gasteiger partial charge in [0.15, 0.2) is 5.96 Å². The molecule has 0 aliphatic carbocycles. The summed E-state index contributed by atoms with van der Waals surface area (Å²) in [5.74, 6) is 0.913. The van der Waals surface area contributed by atoms with Gasteiger partial charge in [0.1, 0.15) is 0 Å². The van der Waals surface area contributed by atoms with Gasteiger partial charge in [-0.05, 0) is 24.7 Å². The van der Waals surface area contributed by atoms with Crippen molar-refractivity contribution in [3.63, 3.8) is 0 Å². The van der Waals surface area contributed by atoms with Gasteiger partial charge in [0.05, 0.1) is 6.54 Å². The fourth-order valence-corrected chi connectivity index (χ4v) is 2.59. The molecule has 0 unspecified atom stereocenters. The van der Waals surface area contributed by atoms with Gasteiger partial charge in [-0.2, -0.15) is 0 Å². The van der Waals surface area contributed by atoms with Crippen LogP contribution in [0.25, 0.3) is 0 Å². The van der Waals surface area contributed by atoms with Crippen LogP contribution in [-0.4, -0.2) is 62.4 Å². The molecule has 5 nitrogen and oxygen atoms in total. The summed E-state index contributed by atoms with van der Waals surface area (Å²) in [6.45, 7) is 6.90. The topological polar surface area (TPSA) is 47.9 Å². The molecule has 1 fully saturated rings. The molecule has 0 radical (unpaired) electrons. The molecule has 20 heavy (non-hydrogen) atoms. The number of rotatable bonds is 4. The number of guanidine groups is 1. The van der Waals surface area contributed by atoms with Crippen LogP contribution in [0.15, 0.2) is 4.99 Å². The Morgan fingerprint density at radius 3 is 2.35 bits per heavy atom. The van der Waals surface area contributed by atoms with Gasteiger partial charge in [-0.1, -0.05) is 13.8 Å². The smallest absolute Gasteiger partial charge is 0.241 e. The highest BCUT2D eigenvalue weighted by Crippen LogP contribution is 2.36. The van der Waals surface area contributed by atoms with Crippen LogP contribution in [0.1, 0.15) is 33.1 Å². The Hall–Kier alpha value is -0.530. The van der Waals surface area contributed by atoms with Crippen molar-refractivity contribution in [1.29, 1.82) is 0 Å². The van der Waals surface area contributed by atoms with Crippen LogP contribution < -0.4 is 5.32 Å². The molecule has 1 rings (SSSR count). The first-order valence-electron chi connectivity index (χ1n) is 7.13. The lowest BCUT2D eigenvalue weighted by atomic mass is 9.82. The highest BCUT2D eigenvalue weighted by molar-refractivity contribution is 14.0. The second kappa shape index (κ2) is 8.69. The Morgan fingerprint density at radius 2 is 1.95 bits per heavy atom. The van der Waals surface area contributed by atoms with E-state index in [0.29, 0.717) is 12.0 Å². The number of hydrogen-bond acceptors (Lipinski definition) is 2. The Bertz CT molecular complexity index is 340. The molecule has 0 aromatic heterocycles. The summed E-state index contributed by atoms with van der Waals surface area (Å²) in [6.07, 6.45) is 3.61. The second-order valence-corrected chi connectivity index (χ2v) is 5.57. The number of likely N-dealkylation sites (tertiary alicyclic amines) is 1. The Balaban J connectivity index is 0.00000361. The van der Waals surface area contributed by atoms with E-state index in [1.165, 1.54) is 19.3 Å². The van der Waals surface area contributed by atoms with Crippen LogP contribution >= 0.6 is 24.0 Å². The summed E-state index contributed by atoms with van der Waals surface area (Å²) in [5.41, 5.74) is 0.420. The first kappa shape index (κ1) is 19.5. The molecule has 0 atom stereocenters. The number of hydrogen-bond donors (Lipinski definition) is 1. The normalized spacial score (nSPS) is 17.6. The Morgan fingerprint density at radius 1 is 1.35 bits per heavy atom. The number of nitrogens with one attached hydrogen (secondary N) is 1. The molecule has 0 aromatic carbocycles. The monoisotopic (exact) mass is 396 g/mol. The van der Waals surface area contributed by atoms with E-state index in [9.17, 15) is 4.79 Å². The van der Waals surface area contributed by atoms with Crippen molar-refractivity contribution in [2.45, 2.75) is 33.1 Å². The molecule has 118 valence electrons. The van der Waals surface area contributed by atoms with Crippen LogP contribution in [0, 0.1) is 5.41 Å². The average Bonchev–Trinajstić information content (AvgIpc) is 2.84. The summed E-state index contributed by atoms with van der Waals surface area (Å²) in [7, 11) is 5.31. The maximum atomic E-state index is 11.6. The van der Waals surface area contributed by atoms with Crippen LogP contribution in [0.3, 0.4) is 0 Å². The Kier molecular flexibility index (Phi) is 8.46. The molecule has 1 amide bonds. The molecule has 0 spiro atoms. The number of likely N-dealkylation sites (N-methyl/N-ethyl adjacent to an activating group) is 1. The zero-order chi connectivity index (χ0) is 14.5. The molecule has 0 bridgehead atoms. The van der Waals surface area contributed by atoms with E-state index in [-0.39, 0.29) is 29.9 Å². The molecule has 0 aromatic rings. The van der Waals surface area contributed by atoms with Crippen LogP contribution in [0.2, 0.25) is 0 Å². The number of carbonyl (C=O) groups is 1. The van der Waals surface area contributed by atoms with Gasteiger partial charge in [-0.3, -0.25) is 9.79 Å². The average molecular weight is 396 g/mol. The largest absolute Gasteiger partial charge is 0.347 e. The van der Waals surface area contributed by atoms with Gasteiger partial charge in [0.2, 0.25) is 5.91 Å². The maximum absolute atomic E-state index is 11.6. The van der Waals surface area contributed by atoms with E-state index < -0.39 is 0 Å². The number of carbonyl (C=O) groups excluding carboxylic acids is 1. The number of nitrogens with zero attached hydrogens (tertiary/aromatic N) is 3. The molecule has 1 aliphatic heterocycles. The van der Waals surface area contributed by atoms with Crippen molar-refractivity contribution in [2.24, 2.45) is 10.4 Å². The molecule has 1 heterocycles. The predicted octanol–water partition coefficient (Wildman–Crippen LogP) is 1.78. The van der Waals surface area contributed by atoms with E-state index >= 15 is 0 Å². The highest BCUT2D eigenvalue weighted by atomic mass is 127. The summed E-state index contributed by atoms with van der Waals surface area (Å²) in [4.78, 5) is 19.8. The summed E-state index contributed by atoms with van der Waals surface area (Å²) in [5, 5.41) is 3.16. The van der Waals surface area contributed by atoms with E-state index in [2.05, 4.69) is 29.1 Å². The maximum Gasteiger partial charge on any atom is 0.241 e. The first-order chi connectivity index (χ1) is 8.98. The minimum absolute atomic E-state index is 0. The molecule has 0 saturated carbocycles. The lowest BCUT2D eigenvalue weighted by Gasteiger charge is -2.28. The second-order valence-electron chi connectivity index (χ2n) is 5.57. The van der Waals surface area contributed by atoms with Gasteiger partial charge >= 0.3 is 0 Å². The standard InChI is InChI=1S/C14H28N4O.HI/c1-6-14(7-2)8-9-18(11-14)13(15-3)16-10-12(19)17(4)5;/h6-11H2,1-5H3,(H,15,16);1H. The SMILES string of the molecule is CCC1(CC)CCN(C(=NC)NCC(=O)N(C)C)C1.I. The number of amides is 1. The molecule has 1 N–H and O–H groups in total. The summed E-state index contributed by atoms with van der Waals surface area (Å²) in [6, 6.07) is 0. The van der Waals surface area contributed by atoms with Gasteiger partial charge in [0.25, 0.3) is 0 Å². The summed E-state index contributed by atoms with van der Waals surface area (Å²) >= 11 is 0. The highest BCUT2D eigenvalue weighted by Gasteiger charge is 2.36. The lowest BCUT2D eigenvalue weighted by Crippen LogP contribution is -2.45. The molecule has 1 aliphatic rings.